The molecular formula is C16H20FN3O2S. The number of urea groups is 1. The highest BCUT2D eigenvalue weighted by Gasteiger charge is 2.14. The number of nitrogens with zero attached hydrogens (tertiary/aromatic N) is 1. The summed E-state index contributed by atoms with van der Waals surface area (Å²) in [5.74, 6) is -0.110. The molecule has 0 aliphatic rings. The van der Waals surface area contributed by atoms with Crippen molar-refractivity contribution in [3.63, 3.8) is 0 Å². The zero-order valence-electron chi connectivity index (χ0n) is 13.3. The summed E-state index contributed by atoms with van der Waals surface area (Å²) in [7, 11) is 1.41. The first-order valence-corrected chi connectivity index (χ1v) is 8.16. The van der Waals surface area contributed by atoms with Crippen molar-refractivity contribution in [2.24, 2.45) is 0 Å². The van der Waals surface area contributed by atoms with Gasteiger partial charge in [-0.3, -0.25) is 0 Å². The highest BCUT2D eigenvalue weighted by atomic mass is 32.1. The summed E-state index contributed by atoms with van der Waals surface area (Å²) in [5.41, 5.74) is 0.770. The molecule has 0 fully saturated rings. The molecule has 0 unspecified atom stereocenters. The maximum atomic E-state index is 13.4. The van der Waals surface area contributed by atoms with E-state index in [0.29, 0.717) is 6.54 Å². The van der Waals surface area contributed by atoms with Crippen LogP contribution in [0, 0.1) is 5.82 Å². The number of halogens is 1. The van der Waals surface area contributed by atoms with Crippen LogP contribution in [0.15, 0.2) is 29.8 Å². The number of hydrogen-bond acceptors (Lipinski definition) is 4. The highest BCUT2D eigenvalue weighted by Crippen LogP contribution is 2.22. The van der Waals surface area contributed by atoms with Crippen molar-refractivity contribution in [3.05, 3.63) is 46.2 Å². The number of benzene rings is 1. The van der Waals surface area contributed by atoms with E-state index in [0.717, 1.165) is 10.6 Å². The number of ether oxygens (including phenoxy) is 1. The third-order valence-electron chi connectivity index (χ3n) is 3.46. The predicted molar refractivity (Wildman–Crippen MR) is 88.4 cm³/mol. The second kappa shape index (κ2) is 7.92. The second-order valence-corrected chi connectivity index (χ2v) is 6.17. The van der Waals surface area contributed by atoms with Gasteiger partial charge in [0.15, 0.2) is 11.6 Å². The van der Waals surface area contributed by atoms with E-state index in [1.165, 1.54) is 13.2 Å². The highest BCUT2D eigenvalue weighted by molar-refractivity contribution is 7.09. The van der Waals surface area contributed by atoms with Crippen LogP contribution in [0.5, 0.6) is 5.75 Å². The molecule has 23 heavy (non-hydrogen) atoms. The molecule has 0 spiro atoms. The summed E-state index contributed by atoms with van der Waals surface area (Å²) in [5, 5.41) is 8.55. The third-order valence-corrected chi connectivity index (χ3v) is 4.47. The fourth-order valence-electron chi connectivity index (χ4n) is 2.09. The summed E-state index contributed by atoms with van der Waals surface area (Å²) in [6, 6.07) is 4.00. The maximum absolute atomic E-state index is 13.4. The van der Waals surface area contributed by atoms with Crippen molar-refractivity contribution in [1.29, 1.82) is 0 Å². The maximum Gasteiger partial charge on any atom is 0.315 e. The van der Waals surface area contributed by atoms with E-state index in [9.17, 15) is 9.18 Å². The lowest BCUT2D eigenvalue weighted by molar-refractivity contribution is 0.237. The molecule has 2 rings (SSSR count). The molecule has 2 aromatic rings. The van der Waals surface area contributed by atoms with Crippen LogP contribution >= 0.6 is 11.3 Å². The average molecular weight is 337 g/mol. The van der Waals surface area contributed by atoms with E-state index < -0.39 is 5.82 Å². The molecule has 2 N–H and O–H groups in total. The molecule has 2 atom stereocenters. The van der Waals surface area contributed by atoms with E-state index in [4.69, 9.17) is 4.74 Å². The van der Waals surface area contributed by atoms with Gasteiger partial charge >= 0.3 is 6.03 Å². The van der Waals surface area contributed by atoms with E-state index in [1.54, 1.807) is 29.7 Å². The smallest absolute Gasteiger partial charge is 0.315 e. The van der Waals surface area contributed by atoms with Crippen molar-refractivity contribution < 1.29 is 13.9 Å². The molecule has 0 saturated heterocycles. The Bertz CT molecular complexity index is 649. The summed E-state index contributed by atoms with van der Waals surface area (Å²) in [4.78, 5) is 16.2. The van der Waals surface area contributed by atoms with Crippen molar-refractivity contribution >= 4 is 17.4 Å². The number of carbonyl (C=O) groups excluding carboxylic acids is 1. The van der Waals surface area contributed by atoms with Crippen molar-refractivity contribution in [1.82, 2.24) is 15.6 Å². The molecule has 1 heterocycles. The Morgan fingerprint density at radius 1 is 1.43 bits per heavy atom. The van der Waals surface area contributed by atoms with Crippen LogP contribution < -0.4 is 15.4 Å². The van der Waals surface area contributed by atoms with E-state index >= 15 is 0 Å². The predicted octanol–water partition coefficient (Wildman–Crippen LogP) is 3.45. The van der Waals surface area contributed by atoms with Crippen LogP contribution in [0.3, 0.4) is 0 Å². The number of hydrogen-bond donors (Lipinski definition) is 2. The Kier molecular flexibility index (Phi) is 5.92. The van der Waals surface area contributed by atoms with Crippen LogP contribution in [0.1, 0.15) is 36.4 Å². The Hall–Kier alpha value is -2.15. The first-order valence-electron chi connectivity index (χ1n) is 7.28. The van der Waals surface area contributed by atoms with E-state index in [1.807, 2.05) is 19.2 Å². The Balaban J connectivity index is 1.87. The Morgan fingerprint density at radius 3 is 2.87 bits per heavy atom. The van der Waals surface area contributed by atoms with Gasteiger partial charge in [-0.25, -0.2) is 14.2 Å². The van der Waals surface area contributed by atoms with Crippen LogP contribution in [0.4, 0.5) is 9.18 Å². The summed E-state index contributed by atoms with van der Waals surface area (Å²) in [6.45, 7) is 4.34. The molecule has 0 aliphatic carbocycles. The second-order valence-electron chi connectivity index (χ2n) is 5.24. The van der Waals surface area contributed by atoms with E-state index in [2.05, 4.69) is 15.6 Å². The number of methoxy groups -OCH3 is 1. The number of rotatable bonds is 6. The standard InChI is InChI=1S/C16H20FN3O2S/c1-10(15-18-6-7-23-15)9-19-16(21)20-11(2)12-4-5-13(17)14(8-12)22-3/h4-8,10-11H,9H2,1-3H3,(H2,19,20,21)/t10-,11+/m1/s1. The monoisotopic (exact) mass is 337 g/mol. The van der Waals surface area contributed by atoms with Gasteiger partial charge in [0, 0.05) is 24.0 Å². The largest absolute Gasteiger partial charge is 0.494 e. The van der Waals surface area contributed by atoms with Crippen molar-refractivity contribution in [3.8, 4) is 5.75 Å². The Morgan fingerprint density at radius 2 is 2.22 bits per heavy atom. The van der Waals surface area contributed by atoms with Crippen LogP contribution in [0.2, 0.25) is 0 Å². The molecule has 0 radical (unpaired) electrons. The van der Waals surface area contributed by atoms with Crippen LogP contribution in [0.25, 0.3) is 0 Å². The summed E-state index contributed by atoms with van der Waals surface area (Å²) in [6.07, 6.45) is 1.75. The number of amides is 2. The molecule has 0 aliphatic heterocycles. The minimum Gasteiger partial charge on any atom is -0.494 e. The molecule has 1 aromatic carbocycles. The van der Waals surface area contributed by atoms with Crippen LogP contribution in [-0.2, 0) is 0 Å². The zero-order chi connectivity index (χ0) is 16.8. The van der Waals surface area contributed by atoms with Crippen molar-refractivity contribution in [2.75, 3.05) is 13.7 Å². The Labute approximate surface area is 138 Å². The number of nitrogens with one attached hydrogen (secondary N) is 2. The van der Waals surface area contributed by atoms with Crippen molar-refractivity contribution in [2.45, 2.75) is 25.8 Å². The third kappa shape index (κ3) is 4.66. The van der Waals surface area contributed by atoms with E-state index in [-0.39, 0.29) is 23.7 Å². The zero-order valence-corrected chi connectivity index (χ0v) is 14.1. The van der Waals surface area contributed by atoms with Gasteiger partial charge in [0.2, 0.25) is 0 Å². The van der Waals surface area contributed by atoms with Gasteiger partial charge in [-0.05, 0) is 24.6 Å². The van der Waals surface area contributed by atoms with Gasteiger partial charge < -0.3 is 15.4 Å². The average Bonchev–Trinajstić information content (AvgIpc) is 3.07. The minimum atomic E-state index is -0.426. The molecule has 2 amide bonds. The molecule has 1 aromatic heterocycles. The first kappa shape index (κ1) is 17.2. The topological polar surface area (TPSA) is 63.2 Å². The fraction of sp³-hybridized carbons (Fsp3) is 0.375. The summed E-state index contributed by atoms with van der Waals surface area (Å²) < 4.78 is 18.4. The van der Waals surface area contributed by atoms with Gasteiger partial charge in [-0.1, -0.05) is 13.0 Å². The fourth-order valence-corrected chi connectivity index (χ4v) is 2.79. The molecule has 0 bridgehead atoms. The lowest BCUT2D eigenvalue weighted by atomic mass is 10.1. The van der Waals surface area contributed by atoms with Gasteiger partial charge in [0.25, 0.3) is 0 Å². The minimum absolute atomic E-state index is 0.155. The molecular weight excluding hydrogens is 317 g/mol. The number of carbonyl (C=O) groups is 1. The van der Waals surface area contributed by atoms with Gasteiger partial charge in [-0.2, -0.15) is 0 Å². The first-order chi connectivity index (χ1) is 11.0. The molecule has 7 heteroatoms. The molecule has 124 valence electrons. The summed E-state index contributed by atoms with van der Waals surface area (Å²) >= 11 is 1.57. The van der Waals surface area contributed by atoms with Crippen LogP contribution in [-0.4, -0.2) is 24.7 Å². The molecule has 0 saturated carbocycles. The lowest BCUT2D eigenvalue weighted by Crippen LogP contribution is -2.38. The lowest BCUT2D eigenvalue weighted by Gasteiger charge is -2.17. The number of thiazole rings is 1. The quantitative estimate of drug-likeness (QED) is 0.848. The van der Waals surface area contributed by atoms with Gasteiger partial charge in [-0.15, -0.1) is 11.3 Å². The SMILES string of the molecule is COc1cc([C@H](C)NC(=O)NC[C@@H](C)c2nccs2)ccc1F. The normalized spacial score (nSPS) is 13.2. The molecule has 5 nitrogen and oxygen atoms in total. The van der Waals surface area contributed by atoms with Gasteiger partial charge in [0.05, 0.1) is 18.2 Å². The van der Waals surface area contributed by atoms with Gasteiger partial charge in [0.1, 0.15) is 0 Å². The number of aromatic nitrogens is 1.